The zero-order valence-electron chi connectivity index (χ0n) is 9.93. The minimum Gasteiger partial charge on any atom is -0.502 e. The number of nitrogens with two attached hydrogens (primary N) is 1. The summed E-state index contributed by atoms with van der Waals surface area (Å²) in [6.45, 7) is 3.96. The lowest BCUT2D eigenvalue weighted by atomic mass is 9.76. The smallest absolute Gasteiger partial charge is 0.310 e. The first-order valence-electron chi connectivity index (χ1n) is 5.55. The topological polar surface area (TPSA) is 89.4 Å². The Hall–Kier alpha value is -1.62. The number of hydrogen-bond acceptors (Lipinski definition) is 4. The Bertz CT molecular complexity index is 479. The zero-order chi connectivity index (χ0) is 12.8. The summed E-state index contributed by atoms with van der Waals surface area (Å²) >= 11 is 0. The molecule has 1 aliphatic carbocycles. The summed E-state index contributed by atoms with van der Waals surface area (Å²) in [5.41, 5.74) is 6.11. The summed E-state index contributed by atoms with van der Waals surface area (Å²) in [6, 6.07) is 4.48. The van der Waals surface area contributed by atoms with Crippen LogP contribution in [0.2, 0.25) is 0 Å². The van der Waals surface area contributed by atoms with Crippen molar-refractivity contribution in [3.63, 3.8) is 0 Å². The molecule has 0 bridgehead atoms. The van der Waals surface area contributed by atoms with Crippen LogP contribution in [0.15, 0.2) is 18.2 Å². The van der Waals surface area contributed by atoms with Gasteiger partial charge in [0.1, 0.15) is 0 Å². The highest BCUT2D eigenvalue weighted by Crippen LogP contribution is 2.49. The normalized spacial score (nSPS) is 17.8. The lowest BCUT2D eigenvalue weighted by Gasteiger charge is -2.32. The number of hydrogen-bond donors (Lipinski definition) is 2. The van der Waals surface area contributed by atoms with Crippen molar-refractivity contribution in [1.82, 2.24) is 0 Å². The van der Waals surface area contributed by atoms with E-state index in [0.717, 1.165) is 18.4 Å². The van der Waals surface area contributed by atoms with Crippen LogP contribution in [-0.2, 0) is 5.41 Å². The third-order valence-corrected chi connectivity index (χ3v) is 3.93. The molecule has 3 N–H and O–H groups in total. The summed E-state index contributed by atoms with van der Waals surface area (Å²) in [6.07, 6.45) is 1.85. The molecule has 0 spiro atoms. The van der Waals surface area contributed by atoms with Crippen molar-refractivity contribution in [2.45, 2.75) is 37.6 Å². The fraction of sp³-hybridized carbons (Fsp3) is 0.500. The summed E-state index contributed by atoms with van der Waals surface area (Å²) in [4.78, 5) is 10.2. The number of benzene rings is 1. The van der Waals surface area contributed by atoms with Crippen LogP contribution < -0.4 is 5.73 Å². The molecule has 0 heterocycles. The molecular weight excluding hydrogens is 220 g/mol. The lowest BCUT2D eigenvalue weighted by molar-refractivity contribution is -0.386. The number of phenolic OH excluding ortho intramolecular Hbond substituents is 1. The molecule has 1 aliphatic rings. The van der Waals surface area contributed by atoms with Gasteiger partial charge in [-0.25, -0.2) is 0 Å². The van der Waals surface area contributed by atoms with Gasteiger partial charge in [0, 0.05) is 17.0 Å². The van der Waals surface area contributed by atoms with Gasteiger partial charge in [-0.05, 0) is 24.5 Å². The van der Waals surface area contributed by atoms with Crippen LogP contribution in [-0.4, -0.2) is 15.6 Å². The molecule has 1 fully saturated rings. The molecule has 0 atom stereocenters. The molecule has 0 amide bonds. The summed E-state index contributed by atoms with van der Waals surface area (Å²) in [5.74, 6) is -0.309. The van der Waals surface area contributed by atoms with Gasteiger partial charge in [0.15, 0.2) is 5.75 Å². The standard InChI is InChI=1S/C12H16N2O3/c1-11(2,12(13)5-6-12)8-3-4-10(15)9(7-8)14(16)17/h3-4,7,15H,5-6,13H2,1-2H3. The predicted octanol–water partition coefficient (Wildman–Crippen LogP) is 2.07. The quantitative estimate of drug-likeness (QED) is 0.621. The number of nitrogens with zero attached hydrogens (tertiary/aromatic N) is 1. The van der Waals surface area contributed by atoms with Crippen LogP contribution >= 0.6 is 0 Å². The molecule has 0 unspecified atom stereocenters. The molecule has 1 saturated carbocycles. The van der Waals surface area contributed by atoms with Crippen molar-refractivity contribution in [2.24, 2.45) is 5.73 Å². The molecule has 0 aliphatic heterocycles. The monoisotopic (exact) mass is 236 g/mol. The number of phenols is 1. The van der Waals surface area contributed by atoms with E-state index in [0.29, 0.717) is 0 Å². The first-order chi connectivity index (χ1) is 7.78. The Morgan fingerprint density at radius 1 is 1.47 bits per heavy atom. The summed E-state index contributed by atoms with van der Waals surface area (Å²) in [5, 5.41) is 20.2. The molecule has 5 nitrogen and oxygen atoms in total. The Morgan fingerprint density at radius 3 is 2.53 bits per heavy atom. The highest BCUT2D eigenvalue weighted by Gasteiger charge is 2.52. The maximum atomic E-state index is 10.8. The summed E-state index contributed by atoms with van der Waals surface area (Å²) in [7, 11) is 0. The SMILES string of the molecule is CC(C)(c1ccc(O)c([N+](=O)[O-])c1)C1(N)CC1. The second kappa shape index (κ2) is 3.43. The lowest BCUT2D eigenvalue weighted by Crippen LogP contribution is -2.43. The van der Waals surface area contributed by atoms with Gasteiger partial charge in [-0.2, -0.15) is 0 Å². The molecule has 0 radical (unpaired) electrons. The molecule has 92 valence electrons. The van der Waals surface area contributed by atoms with E-state index in [-0.39, 0.29) is 22.4 Å². The van der Waals surface area contributed by atoms with Crippen LogP contribution in [0.5, 0.6) is 5.75 Å². The minimum atomic E-state index is -0.578. The fourth-order valence-electron chi connectivity index (χ4n) is 2.11. The molecule has 2 rings (SSSR count). The van der Waals surface area contributed by atoms with Crippen LogP contribution in [0, 0.1) is 10.1 Å². The zero-order valence-corrected chi connectivity index (χ0v) is 9.93. The van der Waals surface area contributed by atoms with Gasteiger partial charge in [-0.3, -0.25) is 10.1 Å². The van der Waals surface area contributed by atoms with Crippen molar-refractivity contribution < 1.29 is 10.0 Å². The van der Waals surface area contributed by atoms with Gasteiger partial charge in [0.05, 0.1) is 4.92 Å². The first-order valence-corrected chi connectivity index (χ1v) is 5.55. The van der Waals surface area contributed by atoms with Crippen LogP contribution in [0.3, 0.4) is 0 Å². The largest absolute Gasteiger partial charge is 0.502 e. The molecule has 1 aromatic carbocycles. The highest BCUT2D eigenvalue weighted by atomic mass is 16.6. The minimum absolute atomic E-state index is 0.264. The van der Waals surface area contributed by atoms with E-state index < -0.39 is 4.92 Å². The molecule has 0 aromatic heterocycles. The van der Waals surface area contributed by atoms with Crippen LogP contribution in [0.25, 0.3) is 0 Å². The average Bonchev–Trinajstić information content (AvgIpc) is 2.98. The van der Waals surface area contributed by atoms with E-state index in [2.05, 4.69) is 0 Å². The van der Waals surface area contributed by atoms with Gasteiger partial charge in [-0.1, -0.05) is 19.9 Å². The molecule has 1 aromatic rings. The molecule has 0 saturated heterocycles. The van der Waals surface area contributed by atoms with Crippen LogP contribution in [0.1, 0.15) is 32.3 Å². The number of nitro groups is 1. The van der Waals surface area contributed by atoms with Crippen molar-refractivity contribution in [2.75, 3.05) is 0 Å². The van der Waals surface area contributed by atoms with E-state index in [9.17, 15) is 15.2 Å². The second-order valence-electron chi connectivity index (χ2n) is 5.24. The van der Waals surface area contributed by atoms with Gasteiger partial charge in [0.25, 0.3) is 0 Å². The van der Waals surface area contributed by atoms with E-state index in [1.54, 1.807) is 6.07 Å². The van der Waals surface area contributed by atoms with Gasteiger partial charge in [-0.15, -0.1) is 0 Å². The van der Waals surface area contributed by atoms with Crippen molar-refractivity contribution >= 4 is 5.69 Å². The average molecular weight is 236 g/mol. The maximum absolute atomic E-state index is 10.8. The Kier molecular flexibility index (Phi) is 2.39. The summed E-state index contributed by atoms with van der Waals surface area (Å²) < 4.78 is 0. The highest BCUT2D eigenvalue weighted by molar-refractivity contribution is 5.50. The Labute approximate surface area is 99.4 Å². The third kappa shape index (κ3) is 1.76. The van der Waals surface area contributed by atoms with Gasteiger partial charge < -0.3 is 10.8 Å². The third-order valence-electron chi connectivity index (χ3n) is 3.93. The van der Waals surface area contributed by atoms with Crippen LogP contribution in [0.4, 0.5) is 5.69 Å². The molecule has 17 heavy (non-hydrogen) atoms. The van der Waals surface area contributed by atoms with Crippen molar-refractivity contribution in [3.8, 4) is 5.75 Å². The van der Waals surface area contributed by atoms with Gasteiger partial charge in [0.2, 0.25) is 0 Å². The second-order valence-corrected chi connectivity index (χ2v) is 5.24. The number of nitro benzene ring substituents is 1. The Balaban J connectivity index is 2.47. The molecule has 5 heteroatoms. The van der Waals surface area contributed by atoms with E-state index in [1.165, 1.54) is 12.1 Å². The van der Waals surface area contributed by atoms with E-state index >= 15 is 0 Å². The Morgan fingerprint density at radius 2 is 2.06 bits per heavy atom. The van der Waals surface area contributed by atoms with E-state index in [1.807, 2.05) is 13.8 Å². The van der Waals surface area contributed by atoms with Gasteiger partial charge >= 0.3 is 5.69 Å². The number of aromatic hydroxyl groups is 1. The first kappa shape index (κ1) is 11.9. The fourth-order valence-corrected chi connectivity index (χ4v) is 2.11. The predicted molar refractivity (Wildman–Crippen MR) is 63.9 cm³/mol. The molecular formula is C12H16N2O3. The maximum Gasteiger partial charge on any atom is 0.310 e. The van der Waals surface area contributed by atoms with Crippen molar-refractivity contribution in [3.05, 3.63) is 33.9 Å². The van der Waals surface area contributed by atoms with Crippen molar-refractivity contribution in [1.29, 1.82) is 0 Å². The number of rotatable bonds is 3. The van der Waals surface area contributed by atoms with E-state index in [4.69, 9.17) is 5.73 Å².